The van der Waals surface area contributed by atoms with Crippen LogP contribution in [-0.4, -0.2) is 51.4 Å². The van der Waals surface area contributed by atoms with E-state index in [4.69, 9.17) is 5.73 Å². The van der Waals surface area contributed by atoms with Crippen molar-refractivity contribution >= 4 is 33.2 Å². The molecule has 0 atom stereocenters. The van der Waals surface area contributed by atoms with Crippen LogP contribution in [0, 0.1) is 0 Å². The van der Waals surface area contributed by atoms with Crippen LogP contribution in [0.4, 0.5) is 11.4 Å². The quantitative estimate of drug-likeness (QED) is 0.846. The van der Waals surface area contributed by atoms with Gasteiger partial charge in [-0.2, -0.15) is 11.8 Å². The molecule has 5 nitrogen and oxygen atoms in total. The van der Waals surface area contributed by atoms with Gasteiger partial charge in [-0.1, -0.05) is 0 Å². The first-order chi connectivity index (χ1) is 8.93. The molecule has 0 bridgehead atoms. The number of thioether (sulfide) groups is 1. The first kappa shape index (κ1) is 14.5. The Morgan fingerprint density at radius 2 is 1.89 bits per heavy atom. The minimum Gasteiger partial charge on any atom is -0.397 e. The summed E-state index contributed by atoms with van der Waals surface area (Å²) in [5.74, 6) is 2.16. The molecule has 1 heterocycles. The normalized spacial score (nSPS) is 16.9. The Morgan fingerprint density at radius 3 is 2.42 bits per heavy atom. The van der Waals surface area contributed by atoms with Gasteiger partial charge in [-0.25, -0.2) is 12.7 Å². The maximum absolute atomic E-state index is 12.0. The molecule has 106 valence electrons. The van der Waals surface area contributed by atoms with Crippen LogP contribution in [0.25, 0.3) is 0 Å². The summed E-state index contributed by atoms with van der Waals surface area (Å²) < 4.78 is 25.2. The lowest BCUT2D eigenvalue weighted by molar-refractivity contribution is 0.521. The molecule has 0 saturated carbocycles. The van der Waals surface area contributed by atoms with Crippen molar-refractivity contribution in [3.63, 3.8) is 0 Å². The summed E-state index contributed by atoms with van der Waals surface area (Å²) >= 11 is 1.93. The van der Waals surface area contributed by atoms with Gasteiger partial charge in [0, 0.05) is 38.7 Å². The van der Waals surface area contributed by atoms with Gasteiger partial charge in [0.2, 0.25) is 10.0 Å². The van der Waals surface area contributed by atoms with Crippen LogP contribution in [-0.2, 0) is 10.0 Å². The molecule has 1 aliphatic rings. The molecule has 2 rings (SSSR count). The molecule has 2 N–H and O–H groups in total. The van der Waals surface area contributed by atoms with Crippen LogP contribution < -0.4 is 10.6 Å². The second kappa shape index (κ2) is 5.60. The van der Waals surface area contributed by atoms with Crippen molar-refractivity contribution in [2.45, 2.75) is 4.90 Å². The van der Waals surface area contributed by atoms with Gasteiger partial charge in [0.05, 0.1) is 16.3 Å². The number of hydrogen-bond acceptors (Lipinski definition) is 5. The smallest absolute Gasteiger partial charge is 0.242 e. The topological polar surface area (TPSA) is 66.6 Å². The fraction of sp³-hybridized carbons (Fsp3) is 0.500. The molecule has 0 unspecified atom stereocenters. The van der Waals surface area contributed by atoms with E-state index < -0.39 is 10.0 Å². The van der Waals surface area contributed by atoms with Crippen molar-refractivity contribution in [3.8, 4) is 0 Å². The highest BCUT2D eigenvalue weighted by atomic mass is 32.2. The van der Waals surface area contributed by atoms with Gasteiger partial charge in [0.15, 0.2) is 0 Å². The van der Waals surface area contributed by atoms with Crippen molar-refractivity contribution in [1.82, 2.24) is 4.31 Å². The molecule has 7 heteroatoms. The van der Waals surface area contributed by atoms with Gasteiger partial charge in [0.25, 0.3) is 0 Å². The van der Waals surface area contributed by atoms with E-state index in [1.54, 1.807) is 12.1 Å². The van der Waals surface area contributed by atoms with Crippen molar-refractivity contribution in [1.29, 1.82) is 0 Å². The molecule has 0 spiro atoms. The molecule has 0 aromatic heterocycles. The number of nitrogen functional groups attached to an aromatic ring is 1. The lowest BCUT2D eigenvalue weighted by atomic mass is 10.2. The predicted octanol–water partition coefficient (Wildman–Crippen LogP) is 1.07. The van der Waals surface area contributed by atoms with Crippen LogP contribution >= 0.6 is 11.8 Å². The van der Waals surface area contributed by atoms with Gasteiger partial charge in [-0.05, 0) is 18.2 Å². The summed E-state index contributed by atoms with van der Waals surface area (Å²) in [6, 6.07) is 4.98. The summed E-state index contributed by atoms with van der Waals surface area (Å²) in [4.78, 5) is 2.45. The molecule has 19 heavy (non-hydrogen) atoms. The Hall–Kier alpha value is -0.920. The lowest BCUT2D eigenvalue weighted by Gasteiger charge is -2.29. The third-order valence-electron chi connectivity index (χ3n) is 3.13. The van der Waals surface area contributed by atoms with E-state index in [2.05, 4.69) is 4.90 Å². The largest absolute Gasteiger partial charge is 0.397 e. The average Bonchev–Trinajstić information content (AvgIpc) is 2.39. The zero-order chi connectivity index (χ0) is 14.0. The molecule has 1 fully saturated rings. The maximum Gasteiger partial charge on any atom is 0.242 e. The van der Waals surface area contributed by atoms with E-state index in [0.717, 1.165) is 30.3 Å². The number of benzene rings is 1. The molecule has 0 aliphatic carbocycles. The third kappa shape index (κ3) is 2.98. The maximum atomic E-state index is 12.0. The summed E-state index contributed by atoms with van der Waals surface area (Å²) in [5.41, 5.74) is 7.47. The summed E-state index contributed by atoms with van der Waals surface area (Å²) in [6.45, 7) is 1.91. The van der Waals surface area contributed by atoms with Crippen LogP contribution in [0.2, 0.25) is 0 Å². The fourth-order valence-corrected chi connectivity index (χ4v) is 3.84. The Bertz CT molecular complexity index is 552. The molecule has 1 aliphatic heterocycles. The van der Waals surface area contributed by atoms with Crippen LogP contribution in [0.1, 0.15) is 0 Å². The predicted molar refractivity (Wildman–Crippen MR) is 81.3 cm³/mol. The minimum absolute atomic E-state index is 0.241. The minimum atomic E-state index is -3.42. The molecule has 0 amide bonds. The zero-order valence-corrected chi connectivity index (χ0v) is 12.8. The number of hydrogen-bond donors (Lipinski definition) is 1. The second-order valence-electron chi connectivity index (χ2n) is 4.61. The van der Waals surface area contributed by atoms with E-state index in [1.165, 1.54) is 18.4 Å². The summed E-state index contributed by atoms with van der Waals surface area (Å²) in [5, 5.41) is 0. The molecular formula is C12H19N3O2S2. The average molecular weight is 301 g/mol. The highest BCUT2D eigenvalue weighted by Gasteiger charge is 2.20. The van der Waals surface area contributed by atoms with Gasteiger partial charge in [-0.3, -0.25) is 0 Å². The zero-order valence-electron chi connectivity index (χ0n) is 11.2. The third-order valence-corrected chi connectivity index (χ3v) is 5.88. The van der Waals surface area contributed by atoms with E-state index in [9.17, 15) is 8.42 Å². The lowest BCUT2D eigenvalue weighted by Crippen LogP contribution is -2.33. The molecular weight excluding hydrogens is 282 g/mol. The van der Waals surface area contributed by atoms with Gasteiger partial charge in [0.1, 0.15) is 0 Å². The number of nitrogens with two attached hydrogens (primary N) is 1. The SMILES string of the molecule is CN(C)S(=O)(=O)c1ccc(N2CCSCC2)c(N)c1. The number of rotatable bonds is 3. The van der Waals surface area contributed by atoms with Crippen LogP contribution in [0.3, 0.4) is 0 Å². The Labute approximate surface area is 118 Å². The van der Waals surface area contributed by atoms with Gasteiger partial charge in [-0.15, -0.1) is 0 Å². The van der Waals surface area contributed by atoms with Crippen molar-refractivity contribution < 1.29 is 8.42 Å². The number of nitrogens with zero attached hydrogens (tertiary/aromatic N) is 2. The molecule has 0 radical (unpaired) electrons. The highest BCUT2D eigenvalue weighted by Crippen LogP contribution is 2.28. The van der Waals surface area contributed by atoms with Crippen molar-refractivity contribution in [3.05, 3.63) is 18.2 Å². The first-order valence-corrected chi connectivity index (χ1v) is 8.67. The number of anilines is 2. The Morgan fingerprint density at radius 1 is 1.26 bits per heavy atom. The summed E-state index contributed by atoms with van der Waals surface area (Å²) in [7, 11) is -0.386. The Kier molecular flexibility index (Phi) is 4.27. The van der Waals surface area contributed by atoms with Crippen LogP contribution in [0.15, 0.2) is 23.1 Å². The highest BCUT2D eigenvalue weighted by molar-refractivity contribution is 7.99. The summed E-state index contributed by atoms with van der Waals surface area (Å²) in [6.07, 6.45) is 0. The van der Waals surface area contributed by atoms with Crippen molar-refractivity contribution in [2.75, 3.05) is 49.3 Å². The standard InChI is InChI=1S/C12H19N3O2S2/c1-14(2)19(16,17)10-3-4-12(11(13)9-10)15-5-7-18-8-6-15/h3-4,9H,5-8,13H2,1-2H3. The van der Waals surface area contributed by atoms with E-state index in [1.807, 2.05) is 17.8 Å². The van der Waals surface area contributed by atoms with Gasteiger partial charge >= 0.3 is 0 Å². The molecule has 1 aromatic rings. The second-order valence-corrected chi connectivity index (χ2v) is 7.98. The number of sulfonamides is 1. The first-order valence-electron chi connectivity index (χ1n) is 6.07. The van der Waals surface area contributed by atoms with E-state index in [0.29, 0.717) is 5.69 Å². The molecule has 1 saturated heterocycles. The van der Waals surface area contributed by atoms with Gasteiger partial charge < -0.3 is 10.6 Å². The van der Waals surface area contributed by atoms with E-state index in [-0.39, 0.29) is 4.90 Å². The Balaban J connectivity index is 2.32. The van der Waals surface area contributed by atoms with Crippen molar-refractivity contribution in [2.24, 2.45) is 0 Å². The fourth-order valence-electron chi connectivity index (χ4n) is 2.00. The monoisotopic (exact) mass is 301 g/mol. The van der Waals surface area contributed by atoms with Crippen LogP contribution in [0.5, 0.6) is 0 Å². The molecule has 1 aromatic carbocycles. The van der Waals surface area contributed by atoms with E-state index >= 15 is 0 Å².